The second-order valence-corrected chi connectivity index (χ2v) is 4.11. The molecule has 1 rings (SSSR count). The first-order valence-corrected chi connectivity index (χ1v) is 5.42. The molecule has 92 valence electrons. The Morgan fingerprint density at radius 2 is 2.06 bits per heavy atom. The number of carbonyl (C=O) groups is 2. The molecule has 0 atom stereocenters. The molecule has 0 aliphatic carbocycles. The Bertz CT molecular complexity index is 445. The minimum absolute atomic E-state index is 0.0825. The number of nitrogens with zero attached hydrogens (tertiary/aromatic N) is 1. The summed E-state index contributed by atoms with van der Waals surface area (Å²) in [4.78, 5) is 24.2. The Hall–Kier alpha value is -1.55. The fourth-order valence-corrected chi connectivity index (χ4v) is 1.46. The van der Waals surface area contributed by atoms with E-state index in [4.69, 9.17) is 11.6 Å². The summed E-state index contributed by atoms with van der Waals surface area (Å²) in [7, 11) is 2.82. The molecule has 0 heterocycles. The lowest BCUT2D eigenvalue weighted by Crippen LogP contribution is -2.32. The molecular weight excluding hydrogens is 242 g/mol. The van der Waals surface area contributed by atoms with Gasteiger partial charge >= 0.3 is 5.97 Å². The van der Waals surface area contributed by atoms with Crippen molar-refractivity contribution in [3.05, 3.63) is 34.3 Å². The average Bonchev–Trinajstić information content (AvgIpc) is 2.31. The Morgan fingerprint density at radius 3 is 2.59 bits per heavy atom. The largest absolute Gasteiger partial charge is 0.468 e. The van der Waals surface area contributed by atoms with E-state index >= 15 is 0 Å². The first kappa shape index (κ1) is 13.5. The van der Waals surface area contributed by atoms with Gasteiger partial charge < -0.3 is 9.64 Å². The molecule has 0 saturated carbocycles. The van der Waals surface area contributed by atoms with Gasteiger partial charge in [0.05, 0.1) is 7.11 Å². The molecule has 4 nitrogen and oxygen atoms in total. The third kappa shape index (κ3) is 3.46. The predicted molar refractivity (Wildman–Crippen MR) is 65.2 cm³/mol. The first-order valence-electron chi connectivity index (χ1n) is 5.04. The zero-order valence-corrected chi connectivity index (χ0v) is 10.7. The van der Waals surface area contributed by atoms with Crippen molar-refractivity contribution in [1.82, 2.24) is 4.90 Å². The van der Waals surface area contributed by atoms with Crippen molar-refractivity contribution >= 4 is 23.5 Å². The molecule has 1 aromatic rings. The summed E-state index contributed by atoms with van der Waals surface area (Å²) >= 11 is 5.93. The number of methoxy groups -OCH3 is 1. The van der Waals surface area contributed by atoms with Gasteiger partial charge in [-0.25, -0.2) is 0 Å². The number of hydrogen-bond donors (Lipinski definition) is 0. The lowest BCUT2D eigenvalue weighted by molar-refractivity contribution is -0.141. The maximum atomic E-state index is 11.9. The van der Waals surface area contributed by atoms with E-state index in [0.717, 1.165) is 5.56 Å². The molecule has 0 aromatic heterocycles. The molecule has 17 heavy (non-hydrogen) atoms. The molecule has 0 radical (unpaired) electrons. The smallest absolute Gasteiger partial charge is 0.325 e. The minimum Gasteiger partial charge on any atom is -0.468 e. The number of ether oxygens (including phenoxy) is 1. The molecule has 0 bridgehead atoms. The molecule has 0 unspecified atom stereocenters. The zero-order chi connectivity index (χ0) is 13.0. The van der Waals surface area contributed by atoms with Crippen LogP contribution in [0.5, 0.6) is 0 Å². The highest BCUT2D eigenvalue weighted by Crippen LogP contribution is 2.17. The Labute approximate surface area is 105 Å². The van der Waals surface area contributed by atoms with E-state index in [-0.39, 0.29) is 12.5 Å². The van der Waals surface area contributed by atoms with Crippen LogP contribution in [0.15, 0.2) is 18.2 Å². The van der Waals surface area contributed by atoms with Crippen LogP contribution >= 0.6 is 11.6 Å². The molecule has 0 N–H and O–H groups in total. The molecule has 0 fully saturated rings. The lowest BCUT2D eigenvalue weighted by atomic mass is 10.1. The highest BCUT2D eigenvalue weighted by molar-refractivity contribution is 6.31. The molecule has 0 spiro atoms. The number of halogens is 1. The van der Waals surface area contributed by atoms with E-state index in [1.807, 2.05) is 6.92 Å². The van der Waals surface area contributed by atoms with Crippen LogP contribution in [0.3, 0.4) is 0 Å². The van der Waals surface area contributed by atoms with E-state index in [9.17, 15) is 9.59 Å². The van der Waals surface area contributed by atoms with Gasteiger partial charge in [0.15, 0.2) is 0 Å². The van der Waals surface area contributed by atoms with Crippen LogP contribution in [0.4, 0.5) is 0 Å². The van der Waals surface area contributed by atoms with Gasteiger partial charge in [-0.3, -0.25) is 9.59 Å². The van der Waals surface area contributed by atoms with Crippen LogP contribution < -0.4 is 0 Å². The summed E-state index contributed by atoms with van der Waals surface area (Å²) in [6, 6.07) is 5.03. The van der Waals surface area contributed by atoms with Crippen molar-refractivity contribution in [2.45, 2.75) is 6.92 Å². The topological polar surface area (TPSA) is 46.6 Å². The van der Waals surface area contributed by atoms with Gasteiger partial charge in [-0.15, -0.1) is 0 Å². The highest BCUT2D eigenvalue weighted by atomic mass is 35.5. The number of esters is 1. The summed E-state index contributed by atoms with van der Waals surface area (Å²) in [5, 5.41) is 0.530. The van der Waals surface area contributed by atoms with Gasteiger partial charge in [0, 0.05) is 17.6 Å². The van der Waals surface area contributed by atoms with Crippen LogP contribution in [-0.2, 0) is 9.53 Å². The second kappa shape index (κ2) is 5.68. The first-order chi connectivity index (χ1) is 7.95. The van der Waals surface area contributed by atoms with Crippen LogP contribution in [-0.4, -0.2) is 37.5 Å². The van der Waals surface area contributed by atoms with Gasteiger partial charge in [0.2, 0.25) is 0 Å². The van der Waals surface area contributed by atoms with Gasteiger partial charge in [-0.1, -0.05) is 17.7 Å². The summed E-state index contributed by atoms with van der Waals surface area (Å²) in [6.07, 6.45) is 0. The maximum Gasteiger partial charge on any atom is 0.325 e. The average molecular weight is 256 g/mol. The minimum atomic E-state index is -0.459. The van der Waals surface area contributed by atoms with Crippen LogP contribution in [0, 0.1) is 6.92 Å². The summed E-state index contributed by atoms with van der Waals surface area (Å²) < 4.78 is 4.49. The number of hydrogen-bond acceptors (Lipinski definition) is 3. The number of carbonyl (C=O) groups excluding carboxylic acids is 2. The number of rotatable bonds is 3. The molecule has 1 aromatic carbocycles. The molecule has 0 aliphatic heterocycles. The van der Waals surface area contributed by atoms with E-state index in [1.165, 1.54) is 19.1 Å². The third-order valence-electron chi connectivity index (χ3n) is 2.36. The van der Waals surface area contributed by atoms with E-state index in [0.29, 0.717) is 10.6 Å². The quantitative estimate of drug-likeness (QED) is 0.775. The summed E-state index contributed by atoms with van der Waals surface area (Å²) in [5.74, 6) is -0.726. The molecule has 0 aliphatic rings. The Kier molecular flexibility index (Phi) is 4.52. The van der Waals surface area contributed by atoms with Gasteiger partial charge in [-0.2, -0.15) is 0 Å². The predicted octanol–water partition coefficient (Wildman–Crippen LogP) is 1.89. The standard InChI is InChI=1S/C12H14ClNO3/c1-8-4-5-9(6-10(8)13)12(16)14(2)7-11(15)17-3/h4-6H,7H2,1-3H3. The van der Waals surface area contributed by atoms with Crippen molar-refractivity contribution in [2.24, 2.45) is 0 Å². The Morgan fingerprint density at radius 1 is 1.41 bits per heavy atom. The molecule has 0 saturated heterocycles. The number of aryl methyl sites for hydroxylation is 1. The van der Waals surface area contributed by atoms with Gasteiger partial charge in [-0.05, 0) is 24.6 Å². The number of likely N-dealkylation sites (N-methyl/N-ethyl adjacent to an activating group) is 1. The van der Waals surface area contributed by atoms with Crippen LogP contribution in [0.25, 0.3) is 0 Å². The van der Waals surface area contributed by atoms with Gasteiger partial charge in [0.25, 0.3) is 5.91 Å². The normalized spacial score (nSPS) is 9.88. The molecule has 5 heteroatoms. The van der Waals surface area contributed by atoms with Crippen molar-refractivity contribution in [1.29, 1.82) is 0 Å². The third-order valence-corrected chi connectivity index (χ3v) is 2.77. The fraction of sp³-hybridized carbons (Fsp3) is 0.333. The number of benzene rings is 1. The zero-order valence-electron chi connectivity index (χ0n) is 9.99. The monoisotopic (exact) mass is 255 g/mol. The van der Waals surface area contributed by atoms with Crippen molar-refractivity contribution in [3.63, 3.8) is 0 Å². The number of amides is 1. The summed E-state index contributed by atoms with van der Waals surface area (Å²) in [6.45, 7) is 1.77. The van der Waals surface area contributed by atoms with E-state index in [1.54, 1.807) is 18.2 Å². The fourth-order valence-electron chi connectivity index (χ4n) is 1.28. The van der Waals surface area contributed by atoms with E-state index < -0.39 is 5.97 Å². The highest BCUT2D eigenvalue weighted by Gasteiger charge is 2.15. The second-order valence-electron chi connectivity index (χ2n) is 3.70. The van der Waals surface area contributed by atoms with Crippen LogP contribution in [0.1, 0.15) is 15.9 Å². The maximum absolute atomic E-state index is 11.9. The lowest BCUT2D eigenvalue weighted by Gasteiger charge is -2.15. The van der Waals surface area contributed by atoms with Gasteiger partial charge in [0.1, 0.15) is 6.54 Å². The molecular formula is C12H14ClNO3. The van der Waals surface area contributed by atoms with E-state index in [2.05, 4.69) is 4.74 Å². The SMILES string of the molecule is COC(=O)CN(C)C(=O)c1ccc(C)c(Cl)c1. The summed E-state index contributed by atoms with van der Waals surface area (Å²) in [5.41, 5.74) is 1.35. The van der Waals surface area contributed by atoms with Crippen molar-refractivity contribution in [3.8, 4) is 0 Å². The molecule has 1 amide bonds. The van der Waals surface area contributed by atoms with Crippen LogP contribution in [0.2, 0.25) is 5.02 Å². The van der Waals surface area contributed by atoms with Crippen molar-refractivity contribution < 1.29 is 14.3 Å². The van der Waals surface area contributed by atoms with Crippen molar-refractivity contribution in [2.75, 3.05) is 20.7 Å². The Balaban J connectivity index is 2.81.